The zero-order valence-corrected chi connectivity index (χ0v) is 8.75. The van der Waals surface area contributed by atoms with E-state index in [0.29, 0.717) is 13.2 Å². The van der Waals surface area contributed by atoms with E-state index in [2.05, 4.69) is 0 Å². The Kier molecular flexibility index (Phi) is 2.88. The van der Waals surface area contributed by atoms with Gasteiger partial charge in [-0.25, -0.2) is 0 Å². The molecule has 80 valence electrons. The topological polar surface area (TPSA) is 35.5 Å². The zero-order chi connectivity index (χ0) is 10.0. The Bertz CT molecular complexity index is 213. The minimum absolute atomic E-state index is 0.240. The Morgan fingerprint density at radius 3 is 2.21 bits per heavy atom. The minimum Gasteiger partial charge on any atom is -0.349 e. The van der Waals surface area contributed by atoms with Crippen molar-refractivity contribution in [2.24, 2.45) is 5.41 Å². The van der Waals surface area contributed by atoms with E-state index in [4.69, 9.17) is 9.47 Å². The van der Waals surface area contributed by atoms with Crippen LogP contribution in [-0.4, -0.2) is 25.3 Å². The fraction of sp³-hybridized carbons (Fsp3) is 0.909. The Morgan fingerprint density at radius 1 is 1.14 bits per heavy atom. The molecule has 1 saturated carbocycles. The van der Waals surface area contributed by atoms with Gasteiger partial charge in [0.2, 0.25) is 0 Å². The lowest BCUT2D eigenvalue weighted by molar-refractivity contribution is -0.166. The lowest BCUT2D eigenvalue weighted by Crippen LogP contribution is -2.43. The Labute approximate surface area is 84.8 Å². The molecule has 0 N–H and O–H groups in total. The lowest BCUT2D eigenvalue weighted by Gasteiger charge is -2.38. The molecule has 0 aromatic carbocycles. The summed E-state index contributed by atoms with van der Waals surface area (Å²) in [5.41, 5.74) is -0.325. The molecule has 0 bridgehead atoms. The van der Waals surface area contributed by atoms with Crippen molar-refractivity contribution in [2.75, 3.05) is 13.2 Å². The maximum atomic E-state index is 11.7. The predicted molar refractivity (Wildman–Crippen MR) is 51.9 cm³/mol. The SMILES string of the molecule is CC(=O)C1(C2OCCO2)CCCCC1. The molecule has 0 radical (unpaired) electrons. The van der Waals surface area contributed by atoms with E-state index >= 15 is 0 Å². The van der Waals surface area contributed by atoms with Gasteiger partial charge in [-0.05, 0) is 19.8 Å². The monoisotopic (exact) mass is 198 g/mol. The molecule has 1 heterocycles. The van der Waals surface area contributed by atoms with E-state index in [0.717, 1.165) is 25.7 Å². The number of carbonyl (C=O) groups is 1. The molecule has 14 heavy (non-hydrogen) atoms. The summed E-state index contributed by atoms with van der Waals surface area (Å²) in [6.07, 6.45) is 5.10. The molecule has 0 amide bonds. The summed E-state index contributed by atoms with van der Waals surface area (Å²) >= 11 is 0. The predicted octanol–water partition coefficient (Wildman–Crippen LogP) is 1.90. The van der Waals surface area contributed by atoms with Crippen molar-refractivity contribution >= 4 is 5.78 Å². The number of hydrogen-bond donors (Lipinski definition) is 0. The second kappa shape index (κ2) is 3.99. The highest BCUT2D eigenvalue weighted by atomic mass is 16.7. The average molecular weight is 198 g/mol. The van der Waals surface area contributed by atoms with Crippen LogP contribution < -0.4 is 0 Å². The van der Waals surface area contributed by atoms with Gasteiger partial charge in [-0.1, -0.05) is 19.3 Å². The summed E-state index contributed by atoms with van der Waals surface area (Å²) in [6, 6.07) is 0. The molecule has 1 saturated heterocycles. The summed E-state index contributed by atoms with van der Waals surface area (Å²) in [7, 11) is 0. The lowest BCUT2D eigenvalue weighted by atomic mass is 9.71. The minimum atomic E-state index is -0.325. The number of carbonyl (C=O) groups excluding carboxylic acids is 1. The van der Waals surface area contributed by atoms with Crippen LogP contribution >= 0.6 is 0 Å². The molecule has 0 aromatic heterocycles. The molecule has 2 rings (SSSR count). The molecule has 2 aliphatic rings. The van der Waals surface area contributed by atoms with Gasteiger partial charge < -0.3 is 9.47 Å². The van der Waals surface area contributed by atoms with Crippen LogP contribution in [0.15, 0.2) is 0 Å². The summed E-state index contributed by atoms with van der Waals surface area (Å²) in [5.74, 6) is 0.240. The Balaban J connectivity index is 2.15. The third-order valence-corrected chi connectivity index (χ3v) is 3.52. The molecule has 1 aliphatic heterocycles. The highest BCUT2D eigenvalue weighted by Gasteiger charge is 2.47. The van der Waals surface area contributed by atoms with Gasteiger partial charge in [0.15, 0.2) is 6.29 Å². The molecule has 0 atom stereocenters. The highest BCUT2D eigenvalue weighted by molar-refractivity contribution is 5.83. The van der Waals surface area contributed by atoms with Crippen molar-refractivity contribution in [3.05, 3.63) is 0 Å². The molecule has 0 spiro atoms. The third kappa shape index (κ3) is 1.59. The van der Waals surface area contributed by atoms with Crippen LogP contribution in [0, 0.1) is 5.41 Å². The molecular weight excluding hydrogens is 180 g/mol. The molecule has 1 aliphatic carbocycles. The molecule has 2 fully saturated rings. The van der Waals surface area contributed by atoms with Gasteiger partial charge in [0.05, 0.1) is 18.6 Å². The average Bonchev–Trinajstić information content (AvgIpc) is 2.72. The fourth-order valence-electron chi connectivity index (χ4n) is 2.61. The van der Waals surface area contributed by atoms with Crippen LogP contribution in [0.2, 0.25) is 0 Å². The first-order valence-corrected chi connectivity index (χ1v) is 5.50. The standard InChI is InChI=1S/C11H18O3/c1-9(12)11(5-3-2-4-6-11)10-13-7-8-14-10/h10H,2-8H2,1H3. The van der Waals surface area contributed by atoms with Crippen LogP contribution in [0.5, 0.6) is 0 Å². The number of hydrogen-bond acceptors (Lipinski definition) is 3. The van der Waals surface area contributed by atoms with E-state index in [-0.39, 0.29) is 17.5 Å². The molecule has 3 nitrogen and oxygen atoms in total. The molecule has 0 unspecified atom stereocenters. The first-order chi connectivity index (χ1) is 6.76. The van der Waals surface area contributed by atoms with E-state index in [1.807, 2.05) is 0 Å². The maximum absolute atomic E-state index is 11.7. The zero-order valence-electron chi connectivity index (χ0n) is 8.75. The summed E-state index contributed by atoms with van der Waals surface area (Å²) in [5, 5.41) is 0. The molecule has 0 aromatic rings. The van der Waals surface area contributed by atoms with Gasteiger partial charge in [-0.15, -0.1) is 0 Å². The van der Waals surface area contributed by atoms with E-state index in [1.54, 1.807) is 6.92 Å². The van der Waals surface area contributed by atoms with Gasteiger partial charge in [0.25, 0.3) is 0 Å². The van der Waals surface area contributed by atoms with Gasteiger partial charge in [0.1, 0.15) is 5.78 Å². The van der Waals surface area contributed by atoms with Crippen molar-refractivity contribution in [1.29, 1.82) is 0 Å². The Hall–Kier alpha value is -0.410. The van der Waals surface area contributed by atoms with Crippen LogP contribution in [0.4, 0.5) is 0 Å². The van der Waals surface area contributed by atoms with Crippen LogP contribution in [0.25, 0.3) is 0 Å². The number of ether oxygens (including phenoxy) is 2. The van der Waals surface area contributed by atoms with Crippen LogP contribution in [-0.2, 0) is 14.3 Å². The van der Waals surface area contributed by atoms with Gasteiger partial charge in [-0.3, -0.25) is 4.79 Å². The third-order valence-electron chi connectivity index (χ3n) is 3.52. The van der Waals surface area contributed by atoms with Crippen LogP contribution in [0.1, 0.15) is 39.0 Å². The van der Waals surface area contributed by atoms with Gasteiger partial charge >= 0.3 is 0 Å². The molecule has 3 heteroatoms. The Morgan fingerprint density at radius 2 is 1.71 bits per heavy atom. The van der Waals surface area contributed by atoms with Crippen molar-refractivity contribution in [2.45, 2.75) is 45.3 Å². The summed E-state index contributed by atoms with van der Waals surface area (Å²) in [6.45, 7) is 2.95. The van der Waals surface area contributed by atoms with Crippen molar-refractivity contribution in [1.82, 2.24) is 0 Å². The number of ketones is 1. The van der Waals surface area contributed by atoms with Gasteiger partial charge in [-0.2, -0.15) is 0 Å². The van der Waals surface area contributed by atoms with Crippen LogP contribution in [0.3, 0.4) is 0 Å². The number of rotatable bonds is 2. The maximum Gasteiger partial charge on any atom is 0.170 e. The first-order valence-electron chi connectivity index (χ1n) is 5.50. The largest absolute Gasteiger partial charge is 0.349 e. The van der Waals surface area contributed by atoms with Crippen molar-refractivity contribution < 1.29 is 14.3 Å². The highest BCUT2D eigenvalue weighted by Crippen LogP contribution is 2.42. The van der Waals surface area contributed by atoms with E-state index < -0.39 is 0 Å². The van der Waals surface area contributed by atoms with Crippen molar-refractivity contribution in [3.8, 4) is 0 Å². The first kappa shape index (κ1) is 10.1. The smallest absolute Gasteiger partial charge is 0.170 e. The van der Waals surface area contributed by atoms with E-state index in [1.165, 1.54) is 6.42 Å². The summed E-state index contributed by atoms with van der Waals surface area (Å²) in [4.78, 5) is 11.7. The quantitative estimate of drug-likeness (QED) is 0.679. The molecular formula is C11H18O3. The fourth-order valence-corrected chi connectivity index (χ4v) is 2.61. The normalized spacial score (nSPS) is 27.8. The van der Waals surface area contributed by atoms with E-state index in [9.17, 15) is 4.79 Å². The van der Waals surface area contributed by atoms with Crippen molar-refractivity contribution in [3.63, 3.8) is 0 Å². The summed E-state index contributed by atoms with van der Waals surface area (Å²) < 4.78 is 11.0. The van der Waals surface area contributed by atoms with Gasteiger partial charge in [0, 0.05) is 0 Å². The second-order valence-electron chi connectivity index (χ2n) is 4.35. The second-order valence-corrected chi connectivity index (χ2v) is 4.35. The number of Topliss-reactive ketones (excluding diaryl/α,β-unsaturated/α-hetero) is 1.